The molecular formula is C8H10O4. The molecule has 4 heteroatoms. The molecule has 1 atom stereocenters. The fraction of sp³-hybridized carbons (Fsp3) is 0.625. The van der Waals surface area contributed by atoms with Crippen molar-refractivity contribution in [3.63, 3.8) is 0 Å². The number of hydrogen-bond acceptors (Lipinski definition) is 3. The van der Waals surface area contributed by atoms with Gasteiger partial charge in [-0.25, -0.2) is 9.59 Å². The van der Waals surface area contributed by atoms with Crippen molar-refractivity contribution in [2.45, 2.75) is 31.8 Å². The van der Waals surface area contributed by atoms with Crippen LogP contribution < -0.4 is 0 Å². The maximum absolute atomic E-state index is 10.3. The van der Waals surface area contributed by atoms with Gasteiger partial charge in [0.15, 0.2) is 0 Å². The zero-order valence-electron chi connectivity index (χ0n) is 6.58. The second kappa shape index (κ2) is 3.93. The van der Waals surface area contributed by atoms with Gasteiger partial charge in [0.2, 0.25) is 0 Å². The summed E-state index contributed by atoms with van der Waals surface area (Å²) in [5.41, 5.74) is 0.448. The third kappa shape index (κ3) is 2.10. The van der Waals surface area contributed by atoms with Crippen LogP contribution >= 0.6 is 0 Å². The highest BCUT2D eigenvalue weighted by molar-refractivity contribution is 5.60. The Bertz CT molecular complexity index is 227. The van der Waals surface area contributed by atoms with Crippen LogP contribution in [0.4, 0.5) is 4.79 Å². The van der Waals surface area contributed by atoms with Gasteiger partial charge in [0.1, 0.15) is 12.0 Å². The van der Waals surface area contributed by atoms with Crippen molar-refractivity contribution in [3.8, 4) is 0 Å². The van der Waals surface area contributed by atoms with E-state index >= 15 is 0 Å². The predicted octanol–water partition coefficient (Wildman–Crippen LogP) is 1.38. The number of hydrogen-bond donors (Lipinski definition) is 1. The molecule has 4 nitrogen and oxygen atoms in total. The Morgan fingerprint density at radius 3 is 2.92 bits per heavy atom. The van der Waals surface area contributed by atoms with E-state index in [1.807, 2.05) is 0 Å². The van der Waals surface area contributed by atoms with Crippen molar-refractivity contribution in [3.05, 3.63) is 5.57 Å². The zero-order chi connectivity index (χ0) is 8.97. The molecule has 1 fully saturated rings. The number of carbonyl (C=O) groups is 1. The second-order valence-electron chi connectivity index (χ2n) is 2.75. The lowest BCUT2D eigenvalue weighted by Gasteiger charge is -2.20. The van der Waals surface area contributed by atoms with Gasteiger partial charge >= 0.3 is 6.16 Å². The smallest absolute Gasteiger partial charge is 0.450 e. The van der Waals surface area contributed by atoms with E-state index in [0.717, 1.165) is 12.8 Å². The molecule has 1 N–H and O–H groups in total. The van der Waals surface area contributed by atoms with E-state index in [1.54, 1.807) is 5.94 Å². The standard InChI is InChI=1S/C8H10O4/c9-5-6-3-1-2-4-7(6)12-8(10)11/h7H,1-4H2,(H,10,11). The number of carboxylic acid groups (broad SMARTS) is 1. The zero-order valence-corrected chi connectivity index (χ0v) is 6.58. The van der Waals surface area contributed by atoms with Crippen LogP contribution in [-0.2, 0) is 9.53 Å². The summed E-state index contributed by atoms with van der Waals surface area (Å²) in [7, 11) is 0. The summed E-state index contributed by atoms with van der Waals surface area (Å²) in [5.74, 6) is 1.74. The third-order valence-electron chi connectivity index (χ3n) is 1.93. The van der Waals surface area contributed by atoms with Crippen molar-refractivity contribution >= 4 is 12.1 Å². The van der Waals surface area contributed by atoms with Gasteiger partial charge in [-0.15, -0.1) is 0 Å². The van der Waals surface area contributed by atoms with E-state index < -0.39 is 12.3 Å². The molecule has 0 saturated heterocycles. The maximum Gasteiger partial charge on any atom is 0.506 e. The van der Waals surface area contributed by atoms with Crippen LogP contribution in [0.25, 0.3) is 0 Å². The number of rotatable bonds is 1. The Kier molecular flexibility index (Phi) is 2.88. The molecule has 1 saturated carbocycles. The molecule has 0 aliphatic heterocycles. The van der Waals surface area contributed by atoms with Crippen molar-refractivity contribution in [1.29, 1.82) is 0 Å². The summed E-state index contributed by atoms with van der Waals surface area (Å²) >= 11 is 0. The maximum atomic E-state index is 10.3. The predicted molar refractivity (Wildman–Crippen MR) is 40.6 cm³/mol. The van der Waals surface area contributed by atoms with Gasteiger partial charge in [0, 0.05) is 0 Å². The minimum atomic E-state index is -1.32. The van der Waals surface area contributed by atoms with E-state index in [2.05, 4.69) is 4.74 Å². The average Bonchev–Trinajstić information content (AvgIpc) is 2.04. The second-order valence-corrected chi connectivity index (χ2v) is 2.75. The third-order valence-corrected chi connectivity index (χ3v) is 1.93. The monoisotopic (exact) mass is 170 g/mol. The molecule has 1 aliphatic rings. The van der Waals surface area contributed by atoms with E-state index in [-0.39, 0.29) is 0 Å². The summed E-state index contributed by atoms with van der Waals surface area (Å²) in [5, 5.41) is 8.31. The van der Waals surface area contributed by atoms with Crippen LogP contribution in [-0.4, -0.2) is 23.3 Å². The average molecular weight is 170 g/mol. The molecule has 0 heterocycles. The van der Waals surface area contributed by atoms with Crippen LogP contribution in [0.15, 0.2) is 5.57 Å². The lowest BCUT2D eigenvalue weighted by atomic mass is 9.93. The van der Waals surface area contributed by atoms with Gasteiger partial charge in [0.05, 0.1) is 5.57 Å². The minimum Gasteiger partial charge on any atom is -0.450 e. The van der Waals surface area contributed by atoms with E-state index in [1.165, 1.54) is 0 Å². The Balaban J connectivity index is 2.59. The van der Waals surface area contributed by atoms with Crippen molar-refractivity contribution in [1.82, 2.24) is 0 Å². The van der Waals surface area contributed by atoms with Crippen molar-refractivity contribution < 1.29 is 19.4 Å². The van der Waals surface area contributed by atoms with E-state index in [0.29, 0.717) is 18.4 Å². The Morgan fingerprint density at radius 2 is 2.33 bits per heavy atom. The number of ether oxygens (including phenoxy) is 1. The summed E-state index contributed by atoms with van der Waals surface area (Å²) in [6, 6.07) is 0. The Labute approximate surface area is 69.8 Å². The highest BCUT2D eigenvalue weighted by Crippen LogP contribution is 2.23. The van der Waals surface area contributed by atoms with Crippen molar-refractivity contribution in [2.24, 2.45) is 0 Å². The largest absolute Gasteiger partial charge is 0.506 e. The first-order valence-electron chi connectivity index (χ1n) is 3.87. The molecule has 0 aromatic rings. The number of carbonyl (C=O) groups excluding carboxylic acids is 1. The molecule has 0 amide bonds. The van der Waals surface area contributed by atoms with Gasteiger partial charge in [-0.05, 0) is 25.7 Å². The summed E-state index contributed by atoms with van der Waals surface area (Å²) in [6.07, 6.45) is 1.18. The molecule has 1 aliphatic carbocycles. The molecule has 0 aromatic heterocycles. The first kappa shape index (κ1) is 8.81. The SMILES string of the molecule is O=C=C1CCCCC1OC(=O)O. The Morgan fingerprint density at radius 1 is 1.58 bits per heavy atom. The fourth-order valence-electron chi connectivity index (χ4n) is 1.35. The topological polar surface area (TPSA) is 63.6 Å². The molecule has 1 rings (SSSR count). The lowest BCUT2D eigenvalue weighted by Crippen LogP contribution is -2.22. The molecule has 0 spiro atoms. The van der Waals surface area contributed by atoms with Gasteiger partial charge in [-0.1, -0.05) is 0 Å². The van der Waals surface area contributed by atoms with Gasteiger partial charge in [0.25, 0.3) is 0 Å². The molecule has 1 unspecified atom stereocenters. The van der Waals surface area contributed by atoms with Crippen LogP contribution in [0.2, 0.25) is 0 Å². The first-order valence-corrected chi connectivity index (χ1v) is 3.87. The molecule has 66 valence electrons. The molecule has 0 radical (unpaired) electrons. The first-order chi connectivity index (χ1) is 5.74. The van der Waals surface area contributed by atoms with Crippen LogP contribution in [0.3, 0.4) is 0 Å². The molecule has 12 heavy (non-hydrogen) atoms. The molecular weight excluding hydrogens is 160 g/mol. The normalized spacial score (nSPS) is 23.0. The van der Waals surface area contributed by atoms with Crippen LogP contribution in [0.5, 0.6) is 0 Å². The van der Waals surface area contributed by atoms with Crippen LogP contribution in [0.1, 0.15) is 25.7 Å². The highest BCUT2D eigenvalue weighted by Gasteiger charge is 2.23. The van der Waals surface area contributed by atoms with Crippen LogP contribution in [0, 0.1) is 0 Å². The Hall–Kier alpha value is -1.28. The van der Waals surface area contributed by atoms with Gasteiger partial charge in [-0.3, -0.25) is 0 Å². The quantitative estimate of drug-likeness (QED) is 0.477. The fourth-order valence-corrected chi connectivity index (χ4v) is 1.35. The summed E-state index contributed by atoms with van der Waals surface area (Å²) in [4.78, 5) is 20.5. The van der Waals surface area contributed by atoms with Gasteiger partial charge in [-0.2, -0.15) is 0 Å². The van der Waals surface area contributed by atoms with E-state index in [4.69, 9.17) is 5.11 Å². The highest BCUT2D eigenvalue weighted by atomic mass is 16.7. The molecule has 0 aromatic carbocycles. The molecule has 0 bridgehead atoms. The van der Waals surface area contributed by atoms with Crippen molar-refractivity contribution in [2.75, 3.05) is 0 Å². The summed E-state index contributed by atoms with van der Waals surface area (Å²) < 4.78 is 4.51. The minimum absolute atomic E-state index is 0.448. The lowest BCUT2D eigenvalue weighted by molar-refractivity contribution is 0.0565. The van der Waals surface area contributed by atoms with E-state index in [9.17, 15) is 9.59 Å². The summed E-state index contributed by atoms with van der Waals surface area (Å²) in [6.45, 7) is 0. The van der Waals surface area contributed by atoms with Gasteiger partial charge < -0.3 is 9.84 Å².